The maximum atomic E-state index is 12.4. The summed E-state index contributed by atoms with van der Waals surface area (Å²) in [6.07, 6.45) is 3.03. The molecule has 8 heteroatoms. The lowest BCUT2D eigenvalue weighted by molar-refractivity contribution is 0.323. The number of rotatable bonds is 4. The molecule has 1 aromatic heterocycles. The molecule has 0 spiro atoms. The van der Waals surface area contributed by atoms with Gasteiger partial charge in [0.15, 0.2) is 5.82 Å². The van der Waals surface area contributed by atoms with E-state index in [2.05, 4.69) is 10.1 Å². The van der Waals surface area contributed by atoms with Crippen LogP contribution in [-0.2, 0) is 15.6 Å². The largest absolute Gasteiger partial charge is 0.339 e. The zero-order valence-corrected chi connectivity index (χ0v) is 14.4. The summed E-state index contributed by atoms with van der Waals surface area (Å²) in [6, 6.07) is 0. The average molecular weight is 328 g/mol. The van der Waals surface area contributed by atoms with Crippen LogP contribution in [0, 0.1) is 5.92 Å². The normalized spacial score (nSPS) is 29.6. The van der Waals surface area contributed by atoms with E-state index in [1.165, 1.54) is 4.31 Å². The van der Waals surface area contributed by atoms with Crippen LogP contribution in [0.2, 0.25) is 0 Å². The van der Waals surface area contributed by atoms with Crippen LogP contribution >= 0.6 is 0 Å². The summed E-state index contributed by atoms with van der Waals surface area (Å²) in [7, 11) is -0.252. The molecule has 22 heavy (non-hydrogen) atoms. The molecule has 1 saturated heterocycles. The Morgan fingerprint density at radius 2 is 2.14 bits per heavy atom. The molecule has 1 aliphatic carbocycles. The van der Waals surface area contributed by atoms with E-state index in [-0.39, 0.29) is 17.3 Å². The Morgan fingerprint density at radius 3 is 2.73 bits per heavy atom. The predicted octanol–water partition coefficient (Wildman–Crippen LogP) is 1.35. The minimum absolute atomic E-state index is 0.181. The van der Waals surface area contributed by atoms with Crippen molar-refractivity contribution >= 4 is 10.2 Å². The van der Waals surface area contributed by atoms with Crippen LogP contribution in [0.15, 0.2) is 4.52 Å². The summed E-state index contributed by atoms with van der Waals surface area (Å²) >= 11 is 0. The van der Waals surface area contributed by atoms with E-state index in [1.807, 2.05) is 13.8 Å². The van der Waals surface area contributed by atoms with Gasteiger partial charge in [0.2, 0.25) is 5.89 Å². The van der Waals surface area contributed by atoms with Gasteiger partial charge in [-0.2, -0.15) is 22.0 Å². The summed E-state index contributed by atoms with van der Waals surface area (Å²) in [5.41, 5.74) is -0.278. The molecular weight excluding hydrogens is 304 g/mol. The van der Waals surface area contributed by atoms with Crippen LogP contribution in [0.4, 0.5) is 0 Å². The minimum atomic E-state index is -3.39. The first kappa shape index (κ1) is 15.9. The highest BCUT2D eigenvalue weighted by Gasteiger charge is 2.56. The Kier molecular flexibility index (Phi) is 3.81. The fraction of sp³-hybridized carbons (Fsp3) is 0.857. The molecule has 124 valence electrons. The Labute approximate surface area is 131 Å². The second-order valence-corrected chi connectivity index (χ2v) is 9.08. The smallest absolute Gasteiger partial charge is 0.281 e. The number of hydrogen-bond acceptors (Lipinski definition) is 5. The van der Waals surface area contributed by atoms with E-state index in [0.29, 0.717) is 24.8 Å². The van der Waals surface area contributed by atoms with Gasteiger partial charge in [-0.05, 0) is 18.8 Å². The van der Waals surface area contributed by atoms with E-state index in [0.717, 1.165) is 19.3 Å². The molecule has 7 nitrogen and oxygen atoms in total. The number of aromatic nitrogens is 2. The minimum Gasteiger partial charge on any atom is -0.339 e. The van der Waals surface area contributed by atoms with Gasteiger partial charge in [0.25, 0.3) is 10.2 Å². The highest BCUT2D eigenvalue weighted by Crippen LogP contribution is 2.50. The standard InChI is InChI=1S/C14H24N4O3S/c1-10(2)12-15-13(16-21-12)14-7-5-6-11(14)8-18(9-14)22(19,20)17(3)4/h10-11H,5-9H2,1-4H3/t11-,14-/m1/s1. The summed E-state index contributed by atoms with van der Waals surface area (Å²) in [5, 5.41) is 4.19. The van der Waals surface area contributed by atoms with Gasteiger partial charge in [-0.3, -0.25) is 0 Å². The van der Waals surface area contributed by atoms with Crippen LogP contribution in [-0.4, -0.2) is 54.4 Å². The first-order valence-corrected chi connectivity index (χ1v) is 9.19. The van der Waals surface area contributed by atoms with E-state index < -0.39 is 10.2 Å². The second-order valence-electron chi connectivity index (χ2n) is 6.94. The summed E-state index contributed by atoms with van der Waals surface area (Å²) in [4.78, 5) is 4.57. The first-order valence-electron chi connectivity index (χ1n) is 7.79. The van der Waals surface area contributed by atoms with Gasteiger partial charge in [0.1, 0.15) is 0 Å². The Morgan fingerprint density at radius 1 is 1.41 bits per heavy atom. The first-order chi connectivity index (χ1) is 10.3. The summed E-state index contributed by atoms with van der Waals surface area (Å²) in [6.45, 7) is 5.03. The fourth-order valence-corrected chi connectivity index (χ4v) is 4.91. The van der Waals surface area contributed by atoms with Gasteiger partial charge in [-0.1, -0.05) is 25.4 Å². The zero-order chi connectivity index (χ0) is 16.1. The fourth-order valence-electron chi connectivity index (χ4n) is 3.69. The third kappa shape index (κ3) is 2.28. The van der Waals surface area contributed by atoms with Crippen LogP contribution < -0.4 is 0 Å². The van der Waals surface area contributed by atoms with Crippen LogP contribution in [0.3, 0.4) is 0 Å². The number of nitrogens with zero attached hydrogens (tertiary/aromatic N) is 4. The van der Waals surface area contributed by atoms with Crippen molar-refractivity contribution in [3.8, 4) is 0 Å². The Bertz CT molecular complexity index is 655. The van der Waals surface area contributed by atoms with Crippen molar-refractivity contribution in [2.75, 3.05) is 27.2 Å². The molecule has 1 aliphatic heterocycles. The maximum Gasteiger partial charge on any atom is 0.281 e. The van der Waals surface area contributed by atoms with Gasteiger partial charge >= 0.3 is 0 Å². The number of fused-ring (bicyclic) bond motifs is 1. The molecular formula is C14H24N4O3S. The maximum absolute atomic E-state index is 12.4. The Hall–Kier alpha value is -0.990. The zero-order valence-electron chi connectivity index (χ0n) is 13.6. The quantitative estimate of drug-likeness (QED) is 0.833. The van der Waals surface area contributed by atoms with Crippen LogP contribution in [0.1, 0.15) is 50.7 Å². The van der Waals surface area contributed by atoms with Crippen molar-refractivity contribution in [3.63, 3.8) is 0 Å². The molecule has 0 N–H and O–H groups in total. The highest BCUT2D eigenvalue weighted by atomic mass is 32.2. The third-order valence-corrected chi connectivity index (χ3v) is 6.86. The second kappa shape index (κ2) is 5.28. The molecule has 2 heterocycles. The molecule has 2 aliphatic rings. The van der Waals surface area contributed by atoms with Crippen molar-refractivity contribution in [1.82, 2.24) is 18.8 Å². The van der Waals surface area contributed by atoms with Gasteiger partial charge < -0.3 is 4.52 Å². The van der Waals surface area contributed by atoms with Crippen LogP contribution in [0.5, 0.6) is 0 Å². The van der Waals surface area contributed by atoms with Gasteiger partial charge in [-0.15, -0.1) is 0 Å². The van der Waals surface area contributed by atoms with E-state index >= 15 is 0 Å². The molecule has 0 radical (unpaired) electrons. The molecule has 1 saturated carbocycles. The van der Waals surface area contributed by atoms with Crippen molar-refractivity contribution in [3.05, 3.63) is 11.7 Å². The highest BCUT2D eigenvalue weighted by molar-refractivity contribution is 7.86. The molecule has 0 amide bonds. The molecule has 1 aromatic rings. The van der Waals surface area contributed by atoms with E-state index in [9.17, 15) is 8.42 Å². The van der Waals surface area contributed by atoms with Gasteiger partial charge in [0.05, 0.1) is 5.41 Å². The Balaban J connectivity index is 1.94. The molecule has 0 unspecified atom stereocenters. The van der Waals surface area contributed by atoms with E-state index in [1.54, 1.807) is 18.4 Å². The molecule has 3 rings (SSSR count). The van der Waals surface area contributed by atoms with Crippen molar-refractivity contribution < 1.29 is 12.9 Å². The third-order valence-electron chi connectivity index (χ3n) is 5.01. The van der Waals surface area contributed by atoms with Crippen LogP contribution in [0.25, 0.3) is 0 Å². The number of hydrogen-bond donors (Lipinski definition) is 0. The molecule has 2 atom stereocenters. The predicted molar refractivity (Wildman–Crippen MR) is 81.6 cm³/mol. The monoisotopic (exact) mass is 328 g/mol. The van der Waals surface area contributed by atoms with Crippen molar-refractivity contribution in [1.29, 1.82) is 0 Å². The van der Waals surface area contributed by atoms with E-state index in [4.69, 9.17) is 4.52 Å². The molecule has 2 fully saturated rings. The van der Waals surface area contributed by atoms with Gasteiger partial charge in [0, 0.05) is 33.1 Å². The summed E-state index contributed by atoms with van der Waals surface area (Å²) in [5.74, 6) is 1.78. The molecule has 0 aromatic carbocycles. The van der Waals surface area contributed by atoms with Crippen molar-refractivity contribution in [2.24, 2.45) is 5.92 Å². The topological polar surface area (TPSA) is 79.5 Å². The summed E-state index contributed by atoms with van der Waals surface area (Å²) < 4.78 is 33.1. The lowest BCUT2D eigenvalue weighted by Crippen LogP contribution is -2.41. The molecule has 0 bridgehead atoms. The SMILES string of the molecule is CC(C)c1nc([C@@]23CCC[C@@H]2CN(S(=O)(=O)N(C)C)C3)no1. The lowest BCUT2D eigenvalue weighted by atomic mass is 9.80. The van der Waals surface area contributed by atoms with Gasteiger partial charge in [-0.25, -0.2) is 0 Å². The average Bonchev–Trinajstić information content (AvgIpc) is 3.11. The van der Waals surface area contributed by atoms with Crippen molar-refractivity contribution in [2.45, 2.75) is 44.4 Å². The lowest BCUT2D eigenvalue weighted by Gasteiger charge is -2.25.